The summed E-state index contributed by atoms with van der Waals surface area (Å²) in [7, 11) is 0. The fourth-order valence-electron chi connectivity index (χ4n) is 2.68. The Balaban J connectivity index is 1.83. The molecule has 0 aromatic rings. The van der Waals surface area contributed by atoms with Crippen molar-refractivity contribution >= 4 is 11.8 Å². The van der Waals surface area contributed by atoms with E-state index in [2.05, 4.69) is 23.4 Å². The lowest BCUT2D eigenvalue weighted by Crippen LogP contribution is -2.47. The molecule has 1 N–H and O–H groups in total. The first-order valence-electron chi connectivity index (χ1n) is 5.77. The molecule has 14 heavy (non-hydrogen) atoms. The average Bonchev–Trinajstić information content (AvgIpc) is 2.66. The standard InChI is InChI=1S/C11H22N2S/c1-9-5-10(7-12-6-9)13-4-3-11(8-13)14-2/h9-12H,3-8H2,1-2H3. The third-order valence-electron chi connectivity index (χ3n) is 3.57. The van der Waals surface area contributed by atoms with Gasteiger partial charge in [-0.2, -0.15) is 11.8 Å². The van der Waals surface area contributed by atoms with Crippen molar-refractivity contribution in [2.45, 2.75) is 31.1 Å². The molecule has 3 unspecified atom stereocenters. The largest absolute Gasteiger partial charge is 0.315 e. The molecular formula is C11H22N2S. The highest BCUT2D eigenvalue weighted by Crippen LogP contribution is 2.25. The van der Waals surface area contributed by atoms with Gasteiger partial charge in [-0.1, -0.05) is 6.92 Å². The van der Waals surface area contributed by atoms with Gasteiger partial charge in [-0.3, -0.25) is 4.90 Å². The van der Waals surface area contributed by atoms with Crippen molar-refractivity contribution < 1.29 is 0 Å². The molecule has 2 saturated heterocycles. The summed E-state index contributed by atoms with van der Waals surface area (Å²) in [6.07, 6.45) is 5.04. The van der Waals surface area contributed by atoms with Crippen LogP contribution in [0.15, 0.2) is 0 Å². The summed E-state index contributed by atoms with van der Waals surface area (Å²) >= 11 is 2.04. The van der Waals surface area contributed by atoms with Gasteiger partial charge in [-0.05, 0) is 38.1 Å². The van der Waals surface area contributed by atoms with E-state index in [1.54, 1.807) is 0 Å². The summed E-state index contributed by atoms with van der Waals surface area (Å²) in [5.41, 5.74) is 0. The van der Waals surface area contributed by atoms with Crippen LogP contribution in [0, 0.1) is 5.92 Å². The first-order chi connectivity index (χ1) is 6.79. The molecule has 0 aromatic heterocycles. The Morgan fingerprint density at radius 1 is 1.36 bits per heavy atom. The van der Waals surface area contributed by atoms with Crippen molar-refractivity contribution in [1.29, 1.82) is 0 Å². The highest BCUT2D eigenvalue weighted by atomic mass is 32.2. The minimum absolute atomic E-state index is 0.816. The summed E-state index contributed by atoms with van der Waals surface area (Å²) in [5.74, 6) is 0.863. The topological polar surface area (TPSA) is 15.3 Å². The monoisotopic (exact) mass is 214 g/mol. The second kappa shape index (κ2) is 4.86. The summed E-state index contributed by atoms with van der Waals surface area (Å²) in [4.78, 5) is 2.70. The Bertz CT molecular complexity index is 186. The smallest absolute Gasteiger partial charge is 0.0224 e. The maximum absolute atomic E-state index is 3.55. The number of hydrogen-bond donors (Lipinski definition) is 1. The number of rotatable bonds is 2. The molecule has 2 rings (SSSR count). The Morgan fingerprint density at radius 2 is 2.21 bits per heavy atom. The van der Waals surface area contributed by atoms with Crippen LogP contribution in [0.25, 0.3) is 0 Å². The van der Waals surface area contributed by atoms with Crippen molar-refractivity contribution in [1.82, 2.24) is 10.2 Å². The van der Waals surface area contributed by atoms with Crippen molar-refractivity contribution in [3.05, 3.63) is 0 Å². The molecule has 0 aliphatic carbocycles. The molecule has 2 nitrogen and oxygen atoms in total. The van der Waals surface area contributed by atoms with Crippen molar-refractivity contribution in [3.63, 3.8) is 0 Å². The van der Waals surface area contributed by atoms with Crippen LogP contribution in [0.1, 0.15) is 19.8 Å². The maximum Gasteiger partial charge on any atom is 0.0224 e. The van der Waals surface area contributed by atoms with Gasteiger partial charge in [0.05, 0.1) is 0 Å². The van der Waals surface area contributed by atoms with Crippen LogP contribution in [0.4, 0.5) is 0 Å². The van der Waals surface area contributed by atoms with Gasteiger partial charge in [0.15, 0.2) is 0 Å². The van der Waals surface area contributed by atoms with Gasteiger partial charge in [0.25, 0.3) is 0 Å². The van der Waals surface area contributed by atoms with Gasteiger partial charge in [0.2, 0.25) is 0 Å². The van der Waals surface area contributed by atoms with Crippen molar-refractivity contribution in [2.24, 2.45) is 5.92 Å². The highest BCUT2D eigenvalue weighted by Gasteiger charge is 2.30. The van der Waals surface area contributed by atoms with Gasteiger partial charge in [-0.25, -0.2) is 0 Å². The molecule has 0 saturated carbocycles. The molecule has 2 aliphatic rings. The van der Waals surface area contributed by atoms with Crippen LogP contribution in [0.3, 0.4) is 0 Å². The number of likely N-dealkylation sites (tertiary alicyclic amines) is 1. The summed E-state index contributed by atoms with van der Waals surface area (Å²) in [6.45, 7) is 7.44. The number of hydrogen-bond acceptors (Lipinski definition) is 3. The predicted molar refractivity (Wildman–Crippen MR) is 63.9 cm³/mol. The SMILES string of the molecule is CSC1CCN(C2CNCC(C)C2)C1. The van der Waals surface area contributed by atoms with E-state index in [1.807, 2.05) is 11.8 Å². The first-order valence-corrected chi connectivity index (χ1v) is 7.06. The Labute approximate surface area is 91.8 Å². The van der Waals surface area contributed by atoms with Gasteiger partial charge in [-0.15, -0.1) is 0 Å². The molecule has 0 radical (unpaired) electrons. The van der Waals surface area contributed by atoms with Crippen molar-refractivity contribution in [2.75, 3.05) is 32.4 Å². The fraction of sp³-hybridized carbons (Fsp3) is 1.00. The van der Waals surface area contributed by atoms with Crippen LogP contribution >= 0.6 is 11.8 Å². The normalized spacial score (nSPS) is 40.3. The van der Waals surface area contributed by atoms with E-state index < -0.39 is 0 Å². The Morgan fingerprint density at radius 3 is 2.86 bits per heavy atom. The zero-order chi connectivity index (χ0) is 9.97. The predicted octanol–water partition coefficient (Wildman–Crippen LogP) is 1.42. The van der Waals surface area contributed by atoms with Gasteiger partial charge < -0.3 is 5.32 Å². The lowest BCUT2D eigenvalue weighted by atomic mass is 9.97. The molecule has 82 valence electrons. The second-order valence-corrected chi connectivity index (χ2v) is 5.93. The van der Waals surface area contributed by atoms with E-state index in [1.165, 1.54) is 39.0 Å². The molecule has 0 bridgehead atoms. The van der Waals surface area contributed by atoms with Crippen LogP contribution < -0.4 is 5.32 Å². The summed E-state index contributed by atoms with van der Waals surface area (Å²) in [6, 6.07) is 0.816. The van der Waals surface area contributed by atoms with Gasteiger partial charge in [0.1, 0.15) is 0 Å². The lowest BCUT2D eigenvalue weighted by molar-refractivity contribution is 0.176. The molecule has 2 aliphatic heterocycles. The average molecular weight is 214 g/mol. The molecule has 0 amide bonds. The minimum Gasteiger partial charge on any atom is -0.315 e. The summed E-state index contributed by atoms with van der Waals surface area (Å²) < 4.78 is 0. The Kier molecular flexibility index (Phi) is 3.74. The minimum atomic E-state index is 0.816. The van der Waals surface area contributed by atoms with E-state index in [0.717, 1.165) is 17.2 Å². The number of thioether (sulfide) groups is 1. The third kappa shape index (κ3) is 2.44. The summed E-state index contributed by atoms with van der Waals surface area (Å²) in [5, 5.41) is 4.44. The number of nitrogens with zero attached hydrogens (tertiary/aromatic N) is 1. The number of piperidine rings is 1. The first kappa shape index (κ1) is 10.8. The lowest BCUT2D eigenvalue weighted by Gasteiger charge is -2.34. The van der Waals surface area contributed by atoms with Gasteiger partial charge >= 0.3 is 0 Å². The molecule has 2 fully saturated rings. The van der Waals surface area contributed by atoms with E-state index in [-0.39, 0.29) is 0 Å². The number of nitrogens with one attached hydrogen (secondary N) is 1. The molecule has 0 spiro atoms. The van der Waals surface area contributed by atoms with E-state index in [0.29, 0.717) is 0 Å². The zero-order valence-corrected chi connectivity index (χ0v) is 10.1. The zero-order valence-electron chi connectivity index (χ0n) is 9.33. The van der Waals surface area contributed by atoms with Crippen LogP contribution in [0.5, 0.6) is 0 Å². The van der Waals surface area contributed by atoms with Crippen LogP contribution in [0.2, 0.25) is 0 Å². The molecule has 3 heteroatoms. The van der Waals surface area contributed by atoms with E-state index in [9.17, 15) is 0 Å². The molecule has 3 atom stereocenters. The van der Waals surface area contributed by atoms with E-state index in [4.69, 9.17) is 0 Å². The highest BCUT2D eigenvalue weighted by molar-refractivity contribution is 7.99. The van der Waals surface area contributed by atoms with Crippen molar-refractivity contribution in [3.8, 4) is 0 Å². The van der Waals surface area contributed by atoms with Crippen LogP contribution in [-0.4, -0.2) is 48.6 Å². The Hall–Kier alpha value is 0.270. The van der Waals surface area contributed by atoms with E-state index >= 15 is 0 Å². The van der Waals surface area contributed by atoms with Gasteiger partial charge in [0, 0.05) is 24.4 Å². The van der Waals surface area contributed by atoms with Crippen LogP contribution in [-0.2, 0) is 0 Å². The second-order valence-electron chi connectivity index (χ2n) is 4.79. The third-order valence-corrected chi connectivity index (χ3v) is 4.62. The maximum atomic E-state index is 3.55. The molecule has 2 heterocycles. The quantitative estimate of drug-likeness (QED) is 0.748. The molecule has 0 aromatic carbocycles. The fourth-order valence-corrected chi connectivity index (χ4v) is 3.37. The molecular weight excluding hydrogens is 192 g/mol.